The smallest absolute Gasteiger partial charge is 0.292 e. The quantitative estimate of drug-likeness (QED) is 0.669. The number of hydrogen-bond donors (Lipinski definition) is 1. The maximum Gasteiger partial charge on any atom is 0.292 e. The molecule has 0 aliphatic heterocycles. The molecule has 1 aliphatic rings. The average Bonchev–Trinajstić information content (AvgIpc) is 3.29. The molecule has 6 heteroatoms. The lowest BCUT2D eigenvalue weighted by Crippen LogP contribution is -2.37. The van der Waals surface area contributed by atoms with E-state index < -0.39 is 11.7 Å². The lowest BCUT2D eigenvalue weighted by atomic mass is 9.96. The molecule has 1 aromatic heterocycles. The van der Waals surface area contributed by atoms with Crippen LogP contribution in [0.5, 0.6) is 0 Å². The van der Waals surface area contributed by atoms with Crippen molar-refractivity contribution in [3.63, 3.8) is 0 Å². The minimum atomic E-state index is -0.575. The van der Waals surface area contributed by atoms with Gasteiger partial charge in [0.05, 0.1) is 11.3 Å². The number of nitrogens with one attached hydrogen (secondary N) is 1. The van der Waals surface area contributed by atoms with Crippen molar-refractivity contribution in [3.05, 3.63) is 51.8 Å². The molecule has 1 aromatic carbocycles. The summed E-state index contributed by atoms with van der Waals surface area (Å²) >= 11 is 5.93. The molecule has 1 saturated carbocycles. The molecule has 0 saturated heterocycles. The van der Waals surface area contributed by atoms with Crippen LogP contribution in [0.3, 0.4) is 0 Å². The summed E-state index contributed by atoms with van der Waals surface area (Å²) in [6, 6.07) is 7.68. The van der Waals surface area contributed by atoms with Gasteiger partial charge in [0, 0.05) is 29.7 Å². The third kappa shape index (κ3) is 2.96. The van der Waals surface area contributed by atoms with Gasteiger partial charge in [-0.25, -0.2) is 0 Å². The molecule has 2 aromatic rings. The summed E-state index contributed by atoms with van der Waals surface area (Å²) in [7, 11) is 1.76. The zero-order valence-electron chi connectivity index (χ0n) is 14.0. The molecule has 5 nitrogen and oxygen atoms in total. The molecule has 1 amide bonds. The number of nitrogens with zero attached hydrogens (tertiary/aromatic N) is 2. The van der Waals surface area contributed by atoms with Crippen molar-refractivity contribution in [2.24, 2.45) is 7.05 Å². The Labute approximate surface area is 146 Å². The highest BCUT2D eigenvalue weighted by atomic mass is 35.5. The molecule has 3 rings (SSSR count). The van der Waals surface area contributed by atoms with E-state index in [1.807, 2.05) is 24.3 Å². The SMILES string of the molecule is Cc1nn(C)c(C)c1C(=O)C(=O)NCC1(c2ccc(Cl)cc2)CC1. The third-order valence-electron chi connectivity index (χ3n) is 4.84. The molecular formula is C18H20ClN3O2. The summed E-state index contributed by atoms with van der Waals surface area (Å²) in [5.74, 6) is -1.10. The number of amides is 1. The van der Waals surface area contributed by atoms with Gasteiger partial charge in [0.2, 0.25) is 0 Å². The molecule has 0 unspecified atom stereocenters. The summed E-state index contributed by atoms with van der Waals surface area (Å²) in [5.41, 5.74) is 2.75. The van der Waals surface area contributed by atoms with Crippen molar-refractivity contribution in [2.75, 3.05) is 6.54 Å². The van der Waals surface area contributed by atoms with Crippen LogP contribution in [0.15, 0.2) is 24.3 Å². The Bertz CT molecular complexity index is 804. The van der Waals surface area contributed by atoms with Crippen molar-refractivity contribution in [3.8, 4) is 0 Å². The number of ketones is 1. The number of carbonyl (C=O) groups excluding carboxylic acids is 2. The minimum Gasteiger partial charge on any atom is -0.348 e. The summed E-state index contributed by atoms with van der Waals surface area (Å²) in [5, 5.41) is 7.69. The van der Waals surface area contributed by atoms with Gasteiger partial charge in [0.1, 0.15) is 0 Å². The van der Waals surface area contributed by atoms with E-state index in [-0.39, 0.29) is 5.41 Å². The highest BCUT2D eigenvalue weighted by Crippen LogP contribution is 2.47. The lowest BCUT2D eigenvalue weighted by Gasteiger charge is -2.16. The second-order valence-corrected chi connectivity index (χ2v) is 6.90. The maximum absolute atomic E-state index is 12.4. The zero-order valence-corrected chi connectivity index (χ0v) is 14.8. The second-order valence-electron chi connectivity index (χ2n) is 6.47. The Morgan fingerprint density at radius 1 is 1.25 bits per heavy atom. The predicted molar refractivity (Wildman–Crippen MR) is 92.4 cm³/mol. The van der Waals surface area contributed by atoms with Gasteiger partial charge in [0.15, 0.2) is 0 Å². The standard InChI is InChI=1S/C18H20ClN3O2/c1-11-15(12(2)22(3)21-11)16(23)17(24)20-10-18(8-9-18)13-4-6-14(19)7-5-13/h4-7H,8-10H2,1-3H3,(H,20,24). The van der Waals surface area contributed by atoms with Crippen molar-refractivity contribution >= 4 is 23.3 Å². The van der Waals surface area contributed by atoms with Gasteiger partial charge in [0.25, 0.3) is 11.7 Å². The van der Waals surface area contributed by atoms with E-state index in [0.717, 1.165) is 18.4 Å². The summed E-state index contributed by atoms with van der Waals surface area (Å²) in [4.78, 5) is 24.7. The molecule has 0 atom stereocenters. The first-order valence-corrected chi connectivity index (χ1v) is 8.31. The Kier molecular flexibility index (Phi) is 4.22. The molecule has 1 aliphatic carbocycles. The van der Waals surface area contributed by atoms with E-state index in [1.54, 1.807) is 25.6 Å². The van der Waals surface area contributed by atoms with Crippen molar-refractivity contribution < 1.29 is 9.59 Å². The zero-order chi connectivity index (χ0) is 17.5. The number of Topliss-reactive ketones (excluding diaryl/α,β-unsaturated/α-hetero) is 1. The number of aryl methyl sites for hydroxylation is 2. The van der Waals surface area contributed by atoms with Gasteiger partial charge in [-0.3, -0.25) is 14.3 Å². The topological polar surface area (TPSA) is 64.0 Å². The number of carbonyl (C=O) groups is 2. The molecule has 1 heterocycles. The van der Waals surface area contributed by atoms with E-state index in [1.165, 1.54) is 0 Å². The van der Waals surface area contributed by atoms with E-state index in [0.29, 0.717) is 28.5 Å². The van der Waals surface area contributed by atoms with E-state index in [4.69, 9.17) is 11.6 Å². The first kappa shape index (κ1) is 16.7. The Morgan fingerprint density at radius 2 is 1.88 bits per heavy atom. The molecule has 126 valence electrons. The lowest BCUT2D eigenvalue weighted by molar-refractivity contribution is -0.117. The highest BCUT2D eigenvalue weighted by Gasteiger charge is 2.44. The van der Waals surface area contributed by atoms with Gasteiger partial charge in [-0.2, -0.15) is 5.10 Å². The molecule has 24 heavy (non-hydrogen) atoms. The first-order chi connectivity index (χ1) is 11.3. The summed E-state index contributed by atoms with van der Waals surface area (Å²) in [6.45, 7) is 3.98. The normalized spacial score (nSPS) is 15.2. The average molecular weight is 346 g/mol. The molecule has 1 fully saturated rings. The van der Waals surface area contributed by atoms with E-state index >= 15 is 0 Å². The van der Waals surface area contributed by atoms with Crippen LogP contribution in [0.4, 0.5) is 0 Å². The van der Waals surface area contributed by atoms with Crippen LogP contribution in [0.25, 0.3) is 0 Å². The summed E-state index contributed by atoms with van der Waals surface area (Å²) < 4.78 is 1.62. The van der Waals surface area contributed by atoms with Crippen LogP contribution in [0, 0.1) is 13.8 Å². The highest BCUT2D eigenvalue weighted by molar-refractivity contribution is 6.43. The van der Waals surface area contributed by atoms with Gasteiger partial charge < -0.3 is 5.32 Å². The first-order valence-electron chi connectivity index (χ1n) is 7.93. The van der Waals surface area contributed by atoms with Crippen molar-refractivity contribution in [2.45, 2.75) is 32.1 Å². The van der Waals surface area contributed by atoms with Gasteiger partial charge in [-0.1, -0.05) is 23.7 Å². The number of hydrogen-bond acceptors (Lipinski definition) is 3. The monoisotopic (exact) mass is 345 g/mol. The Morgan fingerprint density at radius 3 is 2.38 bits per heavy atom. The molecular weight excluding hydrogens is 326 g/mol. The number of benzene rings is 1. The van der Waals surface area contributed by atoms with Crippen LogP contribution in [-0.2, 0) is 17.3 Å². The van der Waals surface area contributed by atoms with Crippen molar-refractivity contribution in [1.82, 2.24) is 15.1 Å². The third-order valence-corrected chi connectivity index (χ3v) is 5.09. The fourth-order valence-corrected chi connectivity index (χ4v) is 3.19. The fourth-order valence-electron chi connectivity index (χ4n) is 3.07. The molecule has 0 bridgehead atoms. The largest absolute Gasteiger partial charge is 0.348 e. The van der Waals surface area contributed by atoms with Crippen LogP contribution < -0.4 is 5.32 Å². The van der Waals surface area contributed by atoms with Crippen molar-refractivity contribution in [1.29, 1.82) is 0 Å². The number of aromatic nitrogens is 2. The van der Waals surface area contributed by atoms with Gasteiger partial charge in [-0.15, -0.1) is 0 Å². The maximum atomic E-state index is 12.4. The molecule has 0 spiro atoms. The van der Waals surface area contributed by atoms with E-state index in [2.05, 4.69) is 10.4 Å². The van der Waals surface area contributed by atoms with Crippen LogP contribution in [0.1, 0.15) is 40.2 Å². The fraction of sp³-hybridized carbons (Fsp3) is 0.389. The number of rotatable bonds is 5. The molecule has 0 radical (unpaired) electrons. The second kappa shape index (κ2) is 6.06. The number of halogens is 1. The van der Waals surface area contributed by atoms with E-state index in [9.17, 15) is 9.59 Å². The predicted octanol–water partition coefficient (Wildman–Crippen LogP) is 2.72. The Hall–Kier alpha value is -2.14. The van der Waals surface area contributed by atoms with Gasteiger partial charge >= 0.3 is 0 Å². The Balaban J connectivity index is 1.69. The van der Waals surface area contributed by atoms with Crippen LogP contribution in [-0.4, -0.2) is 28.0 Å². The minimum absolute atomic E-state index is 0.0699. The van der Waals surface area contributed by atoms with Crippen LogP contribution in [0.2, 0.25) is 5.02 Å². The summed E-state index contributed by atoms with van der Waals surface area (Å²) in [6.07, 6.45) is 1.99. The van der Waals surface area contributed by atoms with Crippen LogP contribution >= 0.6 is 11.6 Å². The molecule has 1 N–H and O–H groups in total. The van der Waals surface area contributed by atoms with Gasteiger partial charge in [-0.05, 0) is 44.4 Å².